The lowest BCUT2D eigenvalue weighted by atomic mass is 10.00. The van der Waals surface area contributed by atoms with E-state index in [1.165, 1.54) is 11.1 Å². The van der Waals surface area contributed by atoms with E-state index in [9.17, 15) is 9.90 Å². The molecule has 1 N–H and O–H groups in total. The number of aliphatic hydroxyl groups excluding tert-OH is 1. The summed E-state index contributed by atoms with van der Waals surface area (Å²) < 4.78 is 17.6. The Morgan fingerprint density at radius 3 is 2.80 bits per heavy atom. The van der Waals surface area contributed by atoms with E-state index in [0.29, 0.717) is 50.0 Å². The zero-order valence-corrected chi connectivity index (χ0v) is 20.4. The number of carbonyl (C=O) groups is 1. The van der Waals surface area contributed by atoms with Gasteiger partial charge < -0.3 is 29.1 Å². The van der Waals surface area contributed by atoms with Crippen LogP contribution in [0, 0.1) is 0 Å². The highest BCUT2D eigenvalue weighted by atomic mass is 16.5. The Morgan fingerprint density at radius 1 is 1.09 bits per heavy atom. The monoisotopic (exact) mass is 481 g/mol. The van der Waals surface area contributed by atoms with Gasteiger partial charge in [-0.3, -0.25) is 9.69 Å². The molecule has 2 atom stereocenters. The van der Waals surface area contributed by atoms with E-state index in [2.05, 4.69) is 41.1 Å². The van der Waals surface area contributed by atoms with Crippen LogP contribution >= 0.6 is 0 Å². The predicted octanol–water partition coefficient (Wildman–Crippen LogP) is 1.65. The molecule has 8 nitrogen and oxygen atoms in total. The third kappa shape index (κ3) is 5.95. The third-order valence-electron chi connectivity index (χ3n) is 6.98. The lowest BCUT2D eigenvalue weighted by molar-refractivity contribution is -0.0403. The largest absolute Gasteiger partial charge is 0.491 e. The van der Waals surface area contributed by atoms with Crippen LogP contribution in [0.2, 0.25) is 0 Å². The lowest BCUT2D eigenvalue weighted by Gasteiger charge is -2.32. The summed E-state index contributed by atoms with van der Waals surface area (Å²) in [6.45, 7) is 6.31. The van der Waals surface area contributed by atoms with Gasteiger partial charge in [-0.1, -0.05) is 24.3 Å². The summed E-state index contributed by atoms with van der Waals surface area (Å²) in [6.07, 6.45) is 0.392. The fraction of sp³-hybridized carbons (Fsp3) is 0.519. The summed E-state index contributed by atoms with van der Waals surface area (Å²) >= 11 is 0. The number of fused-ring (bicyclic) bond motifs is 2. The van der Waals surface area contributed by atoms with Crippen LogP contribution in [-0.2, 0) is 17.7 Å². The van der Waals surface area contributed by atoms with Crippen LogP contribution in [0.3, 0.4) is 0 Å². The minimum absolute atomic E-state index is 0.0282. The van der Waals surface area contributed by atoms with E-state index in [0.717, 1.165) is 32.6 Å². The predicted molar refractivity (Wildman–Crippen MR) is 132 cm³/mol. The molecule has 5 rings (SSSR count). The standard InChI is InChI=1S/C27H35N3O5/c1-28-10-12-33-24(18-28)19-35-23-6-7-25-26(14-23)34-13-11-30(27(25)32)17-22(31)16-29-9-8-20-4-2-3-5-21(20)15-29/h2-7,14,22,24,31H,8-13,15-19H2,1H3/t22-,24?/m1/s1. The molecule has 3 aliphatic heterocycles. The lowest BCUT2D eigenvalue weighted by Crippen LogP contribution is -2.44. The molecule has 0 aliphatic carbocycles. The molecule has 3 heterocycles. The van der Waals surface area contributed by atoms with Gasteiger partial charge in [0.2, 0.25) is 0 Å². The minimum Gasteiger partial charge on any atom is -0.491 e. The number of carbonyl (C=O) groups excluding carboxylic acids is 1. The van der Waals surface area contributed by atoms with Crippen molar-refractivity contribution < 1.29 is 24.1 Å². The second-order valence-electron chi connectivity index (χ2n) is 9.73. The van der Waals surface area contributed by atoms with E-state index in [-0.39, 0.29) is 18.6 Å². The number of aliphatic hydroxyl groups is 1. The van der Waals surface area contributed by atoms with Crippen molar-refractivity contribution in [1.29, 1.82) is 0 Å². The zero-order valence-electron chi connectivity index (χ0n) is 20.4. The average Bonchev–Trinajstić information content (AvgIpc) is 3.01. The zero-order chi connectivity index (χ0) is 24.2. The molecule has 0 saturated carbocycles. The van der Waals surface area contributed by atoms with Crippen molar-refractivity contribution in [3.8, 4) is 11.5 Å². The Kier molecular flexibility index (Phi) is 7.53. The van der Waals surface area contributed by atoms with Gasteiger partial charge in [-0.05, 0) is 36.7 Å². The number of rotatable bonds is 7. The highest BCUT2D eigenvalue weighted by Gasteiger charge is 2.27. The van der Waals surface area contributed by atoms with Gasteiger partial charge in [-0.25, -0.2) is 0 Å². The topological polar surface area (TPSA) is 74.7 Å². The molecule has 1 saturated heterocycles. The molecule has 1 amide bonds. The Hall–Kier alpha value is -2.65. The quantitative estimate of drug-likeness (QED) is 0.645. The molecule has 0 spiro atoms. The average molecular weight is 482 g/mol. The van der Waals surface area contributed by atoms with Crippen molar-refractivity contribution >= 4 is 5.91 Å². The number of benzene rings is 2. The number of ether oxygens (including phenoxy) is 3. The summed E-state index contributed by atoms with van der Waals surface area (Å²) in [7, 11) is 2.08. The van der Waals surface area contributed by atoms with Gasteiger partial charge in [0.1, 0.15) is 30.8 Å². The molecule has 188 valence electrons. The highest BCUT2D eigenvalue weighted by Crippen LogP contribution is 2.28. The van der Waals surface area contributed by atoms with Gasteiger partial charge in [0.05, 0.1) is 24.8 Å². The smallest absolute Gasteiger partial charge is 0.257 e. The summed E-state index contributed by atoms with van der Waals surface area (Å²) in [5.41, 5.74) is 3.21. The normalized spacial score (nSPS) is 22.1. The maximum Gasteiger partial charge on any atom is 0.257 e. The maximum atomic E-state index is 13.2. The van der Waals surface area contributed by atoms with E-state index in [1.54, 1.807) is 23.1 Å². The minimum atomic E-state index is -0.623. The molecule has 1 fully saturated rings. The van der Waals surface area contributed by atoms with Crippen molar-refractivity contribution in [3.05, 3.63) is 59.2 Å². The second kappa shape index (κ2) is 11.0. The first-order valence-corrected chi connectivity index (χ1v) is 12.5. The van der Waals surface area contributed by atoms with E-state index < -0.39 is 6.10 Å². The summed E-state index contributed by atoms with van der Waals surface area (Å²) in [6, 6.07) is 13.8. The number of β-amino-alcohol motifs (C(OH)–C–C–N with tert-alkyl or cyclic N) is 1. The van der Waals surface area contributed by atoms with E-state index >= 15 is 0 Å². The molecule has 1 unspecified atom stereocenters. The Morgan fingerprint density at radius 2 is 1.94 bits per heavy atom. The molecule has 0 bridgehead atoms. The molecular weight excluding hydrogens is 446 g/mol. The van der Waals surface area contributed by atoms with Gasteiger partial charge in [0.25, 0.3) is 5.91 Å². The molecule has 35 heavy (non-hydrogen) atoms. The van der Waals surface area contributed by atoms with Crippen molar-refractivity contribution in [3.63, 3.8) is 0 Å². The van der Waals surface area contributed by atoms with Gasteiger partial charge in [0.15, 0.2) is 0 Å². The molecule has 2 aromatic carbocycles. The van der Waals surface area contributed by atoms with Crippen molar-refractivity contribution in [2.75, 3.05) is 66.1 Å². The van der Waals surface area contributed by atoms with Crippen LogP contribution in [0.4, 0.5) is 0 Å². The first-order valence-electron chi connectivity index (χ1n) is 12.5. The molecule has 0 aromatic heterocycles. The Bertz CT molecular complexity index is 1030. The Labute approximate surface area is 207 Å². The van der Waals surface area contributed by atoms with Gasteiger partial charge in [-0.2, -0.15) is 0 Å². The first kappa shape index (κ1) is 24.1. The van der Waals surface area contributed by atoms with E-state index in [1.807, 2.05) is 0 Å². The number of morpholine rings is 1. The molecule has 3 aliphatic rings. The summed E-state index contributed by atoms with van der Waals surface area (Å²) in [5, 5.41) is 10.8. The second-order valence-corrected chi connectivity index (χ2v) is 9.73. The Balaban J connectivity index is 1.16. The van der Waals surface area contributed by atoms with Gasteiger partial charge in [0, 0.05) is 45.3 Å². The summed E-state index contributed by atoms with van der Waals surface area (Å²) in [5.74, 6) is 1.07. The van der Waals surface area contributed by atoms with Crippen LogP contribution in [0.5, 0.6) is 11.5 Å². The fourth-order valence-electron chi connectivity index (χ4n) is 5.08. The van der Waals surface area contributed by atoms with E-state index in [4.69, 9.17) is 14.2 Å². The van der Waals surface area contributed by atoms with Crippen LogP contribution < -0.4 is 9.47 Å². The molecule has 2 aromatic rings. The molecule has 8 heteroatoms. The maximum absolute atomic E-state index is 13.2. The summed E-state index contributed by atoms with van der Waals surface area (Å²) in [4.78, 5) is 19.4. The highest BCUT2D eigenvalue weighted by molar-refractivity contribution is 5.97. The number of hydrogen-bond acceptors (Lipinski definition) is 7. The fourth-order valence-corrected chi connectivity index (χ4v) is 5.08. The van der Waals surface area contributed by atoms with Crippen LogP contribution in [0.15, 0.2) is 42.5 Å². The van der Waals surface area contributed by atoms with Crippen LogP contribution in [0.1, 0.15) is 21.5 Å². The molecule has 0 radical (unpaired) electrons. The van der Waals surface area contributed by atoms with Crippen LogP contribution in [-0.4, -0.2) is 104 Å². The number of likely N-dealkylation sites (N-methyl/N-ethyl adjacent to an activating group) is 1. The van der Waals surface area contributed by atoms with Gasteiger partial charge in [-0.15, -0.1) is 0 Å². The number of hydrogen-bond donors (Lipinski definition) is 1. The third-order valence-corrected chi connectivity index (χ3v) is 6.98. The SMILES string of the molecule is CN1CCOC(COc2ccc3c(c2)OCCN(C[C@H](O)CN2CCc4ccccc4C2)C3=O)C1. The van der Waals surface area contributed by atoms with Crippen LogP contribution in [0.25, 0.3) is 0 Å². The van der Waals surface area contributed by atoms with Crippen molar-refractivity contribution in [2.45, 2.75) is 25.2 Å². The van der Waals surface area contributed by atoms with Crippen molar-refractivity contribution in [1.82, 2.24) is 14.7 Å². The number of nitrogens with zero attached hydrogens (tertiary/aromatic N) is 3. The first-order chi connectivity index (χ1) is 17.0. The van der Waals surface area contributed by atoms with Crippen molar-refractivity contribution in [2.24, 2.45) is 0 Å². The van der Waals surface area contributed by atoms with Gasteiger partial charge >= 0.3 is 0 Å². The number of amides is 1. The molecular formula is C27H35N3O5.